The number of benzene rings is 2. The van der Waals surface area contributed by atoms with Crippen LogP contribution in [-0.2, 0) is 4.79 Å². The van der Waals surface area contributed by atoms with Gasteiger partial charge >= 0.3 is 0 Å². The average Bonchev–Trinajstić information content (AvgIpc) is 3.36. The maximum absolute atomic E-state index is 14.7. The highest BCUT2D eigenvalue weighted by atomic mass is 35.5. The fraction of sp³-hybridized carbons (Fsp3) is 0.393. The van der Waals surface area contributed by atoms with Crippen LogP contribution in [-0.4, -0.2) is 71.6 Å². The number of piperidine rings is 1. The van der Waals surface area contributed by atoms with E-state index in [2.05, 4.69) is 27.2 Å². The van der Waals surface area contributed by atoms with Crippen molar-refractivity contribution >= 4 is 51.5 Å². The van der Waals surface area contributed by atoms with Gasteiger partial charge in [0.25, 0.3) is 0 Å². The first-order valence-electron chi connectivity index (χ1n) is 12.9. The molecule has 1 unspecified atom stereocenters. The molecule has 1 atom stereocenters. The molecule has 206 valence electrons. The van der Waals surface area contributed by atoms with E-state index in [1.807, 2.05) is 11.0 Å². The monoisotopic (exact) mass is 573 g/mol. The van der Waals surface area contributed by atoms with Crippen molar-refractivity contribution in [3.8, 4) is 11.5 Å². The minimum Gasteiger partial charge on any atom is -0.493 e. The number of likely N-dealkylation sites (N-methyl/N-ethyl adjacent to an activating group) is 1. The fourth-order valence-electron chi connectivity index (χ4n) is 5.02. The van der Waals surface area contributed by atoms with Gasteiger partial charge < -0.3 is 19.7 Å². The third-order valence-corrected chi connectivity index (χ3v) is 8.08. The van der Waals surface area contributed by atoms with Crippen LogP contribution in [0, 0.1) is 5.82 Å². The highest BCUT2D eigenvalue weighted by molar-refractivity contribution is 6.42. The number of fused-ring (bicyclic) bond motifs is 1. The summed E-state index contributed by atoms with van der Waals surface area (Å²) in [5.74, 6) is 0.790. The lowest BCUT2D eigenvalue weighted by atomic mass is 10.1. The van der Waals surface area contributed by atoms with Crippen LogP contribution < -0.4 is 14.8 Å². The Morgan fingerprint density at radius 1 is 1.13 bits per heavy atom. The number of likely N-dealkylation sites (tertiary alicyclic amines) is 2. The van der Waals surface area contributed by atoms with Crippen molar-refractivity contribution in [1.29, 1.82) is 0 Å². The van der Waals surface area contributed by atoms with E-state index >= 15 is 0 Å². The quantitative estimate of drug-likeness (QED) is 0.280. The van der Waals surface area contributed by atoms with Gasteiger partial charge in [-0.25, -0.2) is 14.4 Å². The molecule has 5 rings (SSSR count). The lowest BCUT2D eigenvalue weighted by molar-refractivity contribution is -0.127. The number of anilines is 2. The Labute approximate surface area is 236 Å². The molecule has 2 fully saturated rings. The van der Waals surface area contributed by atoms with Gasteiger partial charge in [0, 0.05) is 49.5 Å². The molecule has 0 spiro atoms. The molecular formula is C28H30Cl2FN5O3. The van der Waals surface area contributed by atoms with Crippen LogP contribution in [0.4, 0.5) is 15.9 Å². The van der Waals surface area contributed by atoms with Gasteiger partial charge in [-0.3, -0.25) is 9.69 Å². The molecule has 39 heavy (non-hydrogen) atoms. The van der Waals surface area contributed by atoms with E-state index in [9.17, 15) is 9.18 Å². The number of hydrogen-bond acceptors (Lipinski definition) is 7. The topological polar surface area (TPSA) is 79.8 Å². The van der Waals surface area contributed by atoms with Crippen molar-refractivity contribution in [3.05, 3.63) is 58.6 Å². The van der Waals surface area contributed by atoms with Gasteiger partial charge in [0.15, 0.2) is 17.3 Å². The van der Waals surface area contributed by atoms with E-state index in [1.165, 1.54) is 18.5 Å². The summed E-state index contributed by atoms with van der Waals surface area (Å²) >= 11 is 11.9. The van der Waals surface area contributed by atoms with E-state index in [-0.39, 0.29) is 27.7 Å². The second-order valence-corrected chi connectivity index (χ2v) is 10.6. The predicted octanol–water partition coefficient (Wildman–Crippen LogP) is 5.85. The molecule has 2 saturated heterocycles. The molecule has 3 heterocycles. The Morgan fingerprint density at radius 3 is 2.64 bits per heavy atom. The number of aromatic nitrogens is 2. The van der Waals surface area contributed by atoms with Gasteiger partial charge in [0.2, 0.25) is 5.91 Å². The SMILES string of the molecule is COc1cc2ncnc(Nc3ccc(Cl)c(Cl)c3F)c2cc1OC1CCN(C(=O)/C=C/C2CCCN2C)CC1. The zero-order chi connectivity index (χ0) is 27.5. The molecule has 1 amide bonds. The van der Waals surface area contributed by atoms with E-state index in [0.717, 1.165) is 19.4 Å². The molecule has 1 aromatic heterocycles. The summed E-state index contributed by atoms with van der Waals surface area (Å²) in [4.78, 5) is 25.5. The minimum absolute atomic E-state index is 0.0411. The van der Waals surface area contributed by atoms with Gasteiger partial charge in [0.1, 0.15) is 18.2 Å². The Hall–Kier alpha value is -3.14. The van der Waals surface area contributed by atoms with E-state index in [1.54, 1.807) is 25.3 Å². The van der Waals surface area contributed by atoms with Crippen LogP contribution in [0.25, 0.3) is 10.9 Å². The van der Waals surface area contributed by atoms with Crippen LogP contribution in [0.5, 0.6) is 11.5 Å². The lowest BCUT2D eigenvalue weighted by Crippen LogP contribution is -2.41. The first-order chi connectivity index (χ1) is 18.8. The second-order valence-electron chi connectivity index (χ2n) is 9.78. The maximum Gasteiger partial charge on any atom is 0.246 e. The summed E-state index contributed by atoms with van der Waals surface area (Å²) in [6.07, 6.45) is 8.65. The Kier molecular flexibility index (Phi) is 8.40. The Bertz CT molecular complexity index is 1400. The molecule has 1 N–H and O–H groups in total. The Morgan fingerprint density at radius 2 is 1.92 bits per heavy atom. The van der Waals surface area contributed by atoms with Crippen molar-refractivity contribution in [1.82, 2.24) is 19.8 Å². The highest BCUT2D eigenvalue weighted by Crippen LogP contribution is 2.37. The number of ether oxygens (including phenoxy) is 2. The van der Waals surface area contributed by atoms with E-state index in [4.69, 9.17) is 32.7 Å². The van der Waals surface area contributed by atoms with Crippen LogP contribution >= 0.6 is 23.2 Å². The van der Waals surface area contributed by atoms with Crippen LogP contribution in [0.2, 0.25) is 10.0 Å². The zero-order valence-electron chi connectivity index (χ0n) is 21.8. The number of nitrogens with zero attached hydrogens (tertiary/aromatic N) is 4. The molecule has 0 saturated carbocycles. The molecule has 3 aromatic rings. The fourth-order valence-corrected chi connectivity index (χ4v) is 5.33. The third-order valence-electron chi connectivity index (χ3n) is 7.29. The number of methoxy groups -OCH3 is 1. The molecule has 0 aliphatic carbocycles. The number of carbonyl (C=O) groups is 1. The van der Waals surface area contributed by atoms with Gasteiger partial charge in [-0.15, -0.1) is 0 Å². The number of carbonyl (C=O) groups excluding carboxylic acids is 1. The van der Waals surface area contributed by atoms with Crippen LogP contribution in [0.15, 0.2) is 42.7 Å². The first-order valence-corrected chi connectivity index (χ1v) is 13.7. The molecular weight excluding hydrogens is 544 g/mol. The standard InChI is InChI=1S/C28H30Cl2FN5O3/c1-35-11-3-4-17(35)5-8-25(37)36-12-9-18(10-13-36)39-24-14-19-22(15-23(24)38-2)32-16-33-28(19)34-21-7-6-20(29)26(30)27(21)31/h5-8,14-18H,3-4,9-13H2,1-2H3,(H,32,33,34)/b8-5+. The van der Waals surface area contributed by atoms with Crippen molar-refractivity contribution < 1.29 is 18.7 Å². The van der Waals surface area contributed by atoms with Gasteiger partial charge in [-0.1, -0.05) is 29.3 Å². The first kappa shape index (κ1) is 27.4. The summed E-state index contributed by atoms with van der Waals surface area (Å²) in [7, 11) is 3.65. The highest BCUT2D eigenvalue weighted by Gasteiger charge is 2.25. The van der Waals surface area contributed by atoms with Crippen molar-refractivity contribution in [2.45, 2.75) is 37.8 Å². The zero-order valence-corrected chi connectivity index (χ0v) is 23.3. The minimum atomic E-state index is -0.674. The summed E-state index contributed by atoms with van der Waals surface area (Å²) in [5.41, 5.74) is 0.727. The summed E-state index contributed by atoms with van der Waals surface area (Å²) in [5, 5.41) is 3.56. The molecule has 2 aliphatic rings. The van der Waals surface area contributed by atoms with Crippen LogP contribution in [0.3, 0.4) is 0 Å². The van der Waals surface area contributed by atoms with Crippen molar-refractivity contribution in [3.63, 3.8) is 0 Å². The predicted molar refractivity (Wildman–Crippen MR) is 151 cm³/mol. The van der Waals surface area contributed by atoms with E-state index < -0.39 is 5.82 Å². The molecule has 11 heteroatoms. The third kappa shape index (κ3) is 6.05. The van der Waals surface area contributed by atoms with Crippen LogP contribution in [0.1, 0.15) is 25.7 Å². The Balaban J connectivity index is 1.29. The van der Waals surface area contributed by atoms with Crippen molar-refractivity contribution in [2.24, 2.45) is 0 Å². The molecule has 0 radical (unpaired) electrons. The van der Waals surface area contributed by atoms with E-state index in [0.29, 0.717) is 60.2 Å². The van der Waals surface area contributed by atoms with Gasteiger partial charge in [-0.2, -0.15) is 0 Å². The number of rotatable bonds is 7. The lowest BCUT2D eigenvalue weighted by Gasteiger charge is -2.32. The van der Waals surface area contributed by atoms with Gasteiger partial charge in [0.05, 0.1) is 28.4 Å². The number of hydrogen-bond donors (Lipinski definition) is 1. The number of halogens is 3. The molecule has 0 bridgehead atoms. The second kappa shape index (κ2) is 11.9. The molecule has 2 aliphatic heterocycles. The number of nitrogens with one attached hydrogen (secondary N) is 1. The number of amides is 1. The van der Waals surface area contributed by atoms with Gasteiger partial charge in [-0.05, 0) is 44.6 Å². The normalized spacial score (nSPS) is 18.7. The molecule has 8 nitrogen and oxygen atoms in total. The summed E-state index contributed by atoms with van der Waals surface area (Å²) in [6, 6.07) is 6.88. The summed E-state index contributed by atoms with van der Waals surface area (Å²) < 4.78 is 26.6. The smallest absolute Gasteiger partial charge is 0.246 e. The van der Waals surface area contributed by atoms with Crippen molar-refractivity contribution in [2.75, 3.05) is 39.1 Å². The maximum atomic E-state index is 14.7. The summed E-state index contributed by atoms with van der Waals surface area (Å²) in [6.45, 7) is 2.29. The molecule has 2 aromatic carbocycles. The largest absolute Gasteiger partial charge is 0.493 e. The average molecular weight is 574 g/mol.